The topological polar surface area (TPSA) is 37.8 Å². The number of hydrogen-bond acceptors (Lipinski definition) is 3. The van der Waals surface area contributed by atoms with Gasteiger partial charge in [0, 0.05) is 17.9 Å². The van der Waals surface area contributed by atoms with E-state index in [4.69, 9.17) is 0 Å². The zero-order valence-electron chi connectivity index (χ0n) is 11.1. The second kappa shape index (κ2) is 5.13. The van der Waals surface area contributed by atoms with Crippen LogP contribution in [0.5, 0.6) is 0 Å². The highest BCUT2D eigenvalue weighted by atomic mass is 14.9. The van der Waals surface area contributed by atoms with E-state index in [1.165, 1.54) is 24.8 Å². The molecule has 0 saturated heterocycles. The Labute approximate surface area is 104 Å². The van der Waals surface area contributed by atoms with Gasteiger partial charge in [-0.15, -0.1) is 0 Å². The Morgan fingerprint density at radius 2 is 1.94 bits per heavy atom. The Morgan fingerprint density at radius 3 is 2.59 bits per heavy atom. The Bertz CT molecular complexity index is 342. The highest BCUT2D eigenvalue weighted by molar-refractivity contribution is 5.13. The van der Waals surface area contributed by atoms with Gasteiger partial charge < -0.3 is 5.32 Å². The maximum atomic E-state index is 4.14. The van der Waals surface area contributed by atoms with Crippen molar-refractivity contribution in [1.82, 2.24) is 15.3 Å². The summed E-state index contributed by atoms with van der Waals surface area (Å²) in [5.74, 6) is 1.38. The van der Waals surface area contributed by atoms with E-state index >= 15 is 0 Å². The van der Waals surface area contributed by atoms with Crippen molar-refractivity contribution in [1.29, 1.82) is 0 Å². The minimum absolute atomic E-state index is 0.209. The molecule has 0 aliphatic heterocycles. The summed E-state index contributed by atoms with van der Waals surface area (Å²) in [6, 6.07) is 0. The molecule has 3 heteroatoms. The molecule has 17 heavy (non-hydrogen) atoms. The second-order valence-electron chi connectivity index (χ2n) is 6.10. The molecule has 0 radical (unpaired) electrons. The van der Waals surface area contributed by atoms with Crippen LogP contribution < -0.4 is 5.32 Å². The van der Waals surface area contributed by atoms with E-state index in [9.17, 15) is 0 Å². The molecule has 1 saturated carbocycles. The van der Waals surface area contributed by atoms with Gasteiger partial charge in [0.2, 0.25) is 0 Å². The van der Waals surface area contributed by atoms with Crippen LogP contribution >= 0.6 is 0 Å². The summed E-state index contributed by atoms with van der Waals surface area (Å²) in [5, 5.41) is 3.62. The lowest BCUT2D eigenvalue weighted by Gasteiger charge is -2.26. The standard InChI is InChI=1S/C14H23N3/c1-14(2,3)17-9-11-5-4-6-13(11)12-7-15-10-16-8-12/h7-8,10-11,13,17H,4-6,9H2,1-3H3. The normalized spacial score (nSPS) is 25.1. The van der Waals surface area contributed by atoms with Crippen LogP contribution in [0.1, 0.15) is 51.5 Å². The molecule has 0 aromatic carbocycles. The molecule has 1 heterocycles. The highest BCUT2D eigenvalue weighted by Crippen LogP contribution is 2.38. The minimum atomic E-state index is 0.209. The molecule has 94 valence electrons. The van der Waals surface area contributed by atoms with E-state index in [-0.39, 0.29) is 5.54 Å². The van der Waals surface area contributed by atoms with E-state index < -0.39 is 0 Å². The molecule has 1 aromatic heterocycles. The molecule has 1 aromatic rings. The third-order valence-electron chi connectivity index (χ3n) is 3.56. The van der Waals surface area contributed by atoms with Crippen LogP contribution in [0.2, 0.25) is 0 Å². The van der Waals surface area contributed by atoms with Crippen molar-refractivity contribution in [2.75, 3.05) is 6.54 Å². The van der Waals surface area contributed by atoms with Crippen LogP contribution in [0, 0.1) is 5.92 Å². The average molecular weight is 233 g/mol. The Kier molecular flexibility index (Phi) is 3.77. The zero-order chi connectivity index (χ0) is 12.3. The zero-order valence-corrected chi connectivity index (χ0v) is 11.1. The molecule has 0 spiro atoms. The van der Waals surface area contributed by atoms with Gasteiger partial charge in [0.1, 0.15) is 6.33 Å². The quantitative estimate of drug-likeness (QED) is 0.872. The Balaban J connectivity index is 1.98. The van der Waals surface area contributed by atoms with Gasteiger partial charge in [0.15, 0.2) is 0 Å². The van der Waals surface area contributed by atoms with Crippen molar-refractivity contribution in [3.63, 3.8) is 0 Å². The molecule has 1 aliphatic rings. The van der Waals surface area contributed by atoms with E-state index in [2.05, 4.69) is 36.1 Å². The molecule has 1 N–H and O–H groups in total. The van der Waals surface area contributed by atoms with E-state index in [1.54, 1.807) is 6.33 Å². The first kappa shape index (κ1) is 12.5. The molecular formula is C14H23N3. The molecule has 2 atom stereocenters. The molecule has 1 aliphatic carbocycles. The summed E-state index contributed by atoms with van der Waals surface area (Å²) in [7, 11) is 0. The summed E-state index contributed by atoms with van der Waals surface area (Å²) in [5.41, 5.74) is 1.52. The Morgan fingerprint density at radius 1 is 1.24 bits per heavy atom. The average Bonchev–Trinajstić information content (AvgIpc) is 2.75. The first-order valence-corrected chi connectivity index (χ1v) is 6.56. The molecular weight excluding hydrogens is 210 g/mol. The molecule has 3 nitrogen and oxygen atoms in total. The third-order valence-corrected chi connectivity index (χ3v) is 3.56. The summed E-state index contributed by atoms with van der Waals surface area (Å²) in [4.78, 5) is 8.28. The van der Waals surface area contributed by atoms with Gasteiger partial charge in [-0.2, -0.15) is 0 Å². The van der Waals surface area contributed by atoms with Gasteiger partial charge >= 0.3 is 0 Å². The molecule has 2 unspecified atom stereocenters. The lowest BCUT2D eigenvalue weighted by atomic mass is 9.90. The van der Waals surface area contributed by atoms with Crippen LogP contribution in [-0.4, -0.2) is 22.1 Å². The predicted octanol–water partition coefficient (Wildman–Crippen LogP) is 2.75. The van der Waals surface area contributed by atoms with Crippen molar-refractivity contribution in [2.24, 2.45) is 5.92 Å². The SMILES string of the molecule is CC(C)(C)NCC1CCCC1c1cncnc1. The fourth-order valence-corrected chi connectivity index (χ4v) is 2.66. The number of hydrogen-bond donors (Lipinski definition) is 1. The minimum Gasteiger partial charge on any atom is -0.312 e. The van der Waals surface area contributed by atoms with Crippen LogP contribution in [-0.2, 0) is 0 Å². The summed E-state index contributed by atoms with van der Waals surface area (Å²) < 4.78 is 0. The summed E-state index contributed by atoms with van der Waals surface area (Å²) in [6.45, 7) is 7.77. The maximum absolute atomic E-state index is 4.14. The van der Waals surface area contributed by atoms with Crippen LogP contribution in [0.4, 0.5) is 0 Å². The summed E-state index contributed by atoms with van der Waals surface area (Å²) in [6.07, 6.45) is 9.50. The Hall–Kier alpha value is -0.960. The van der Waals surface area contributed by atoms with Crippen LogP contribution in [0.15, 0.2) is 18.7 Å². The van der Waals surface area contributed by atoms with E-state index in [1.807, 2.05) is 12.4 Å². The predicted molar refractivity (Wildman–Crippen MR) is 69.9 cm³/mol. The fourth-order valence-electron chi connectivity index (χ4n) is 2.66. The first-order chi connectivity index (χ1) is 8.06. The fraction of sp³-hybridized carbons (Fsp3) is 0.714. The number of aromatic nitrogens is 2. The van der Waals surface area contributed by atoms with Gasteiger partial charge in [0.25, 0.3) is 0 Å². The third kappa shape index (κ3) is 3.50. The molecule has 1 fully saturated rings. The maximum Gasteiger partial charge on any atom is 0.115 e. The van der Waals surface area contributed by atoms with Gasteiger partial charge in [-0.1, -0.05) is 6.42 Å². The summed E-state index contributed by atoms with van der Waals surface area (Å²) >= 11 is 0. The smallest absolute Gasteiger partial charge is 0.115 e. The van der Waals surface area contributed by atoms with Gasteiger partial charge in [-0.3, -0.25) is 0 Å². The van der Waals surface area contributed by atoms with Crippen molar-refractivity contribution < 1.29 is 0 Å². The molecule has 2 rings (SSSR count). The van der Waals surface area contributed by atoms with Crippen molar-refractivity contribution in [3.05, 3.63) is 24.3 Å². The monoisotopic (exact) mass is 233 g/mol. The number of rotatable bonds is 3. The van der Waals surface area contributed by atoms with Gasteiger partial charge in [0.05, 0.1) is 0 Å². The van der Waals surface area contributed by atoms with Crippen molar-refractivity contribution in [2.45, 2.75) is 51.5 Å². The van der Waals surface area contributed by atoms with E-state index in [0.29, 0.717) is 5.92 Å². The lowest BCUT2D eigenvalue weighted by molar-refractivity contribution is 0.356. The van der Waals surface area contributed by atoms with Crippen LogP contribution in [0.25, 0.3) is 0 Å². The second-order valence-corrected chi connectivity index (χ2v) is 6.10. The lowest BCUT2D eigenvalue weighted by Crippen LogP contribution is -2.39. The molecule has 0 bridgehead atoms. The largest absolute Gasteiger partial charge is 0.312 e. The first-order valence-electron chi connectivity index (χ1n) is 6.56. The van der Waals surface area contributed by atoms with Crippen molar-refractivity contribution in [3.8, 4) is 0 Å². The van der Waals surface area contributed by atoms with Crippen LogP contribution in [0.3, 0.4) is 0 Å². The number of nitrogens with one attached hydrogen (secondary N) is 1. The van der Waals surface area contributed by atoms with E-state index in [0.717, 1.165) is 12.5 Å². The van der Waals surface area contributed by atoms with Gasteiger partial charge in [-0.05, 0) is 57.6 Å². The molecule has 0 amide bonds. The number of nitrogens with zero attached hydrogens (tertiary/aromatic N) is 2. The van der Waals surface area contributed by atoms with Crippen molar-refractivity contribution >= 4 is 0 Å². The van der Waals surface area contributed by atoms with Gasteiger partial charge in [-0.25, -0.2) is 9.97 Å². The highest BCUT2D eigenvalue weighted by Gasteiger charge is 2.29.